The molecule has 0 fully saturated rings. The third-order valence-electron chi connectivity index (χ3n) is 4.86. The molecule has 7 heteroatoms. The van der Waals surface area contributed by atoms with E-state index < -0.39 is 10.8 Å². The van der Waals surface area contributed by atoms with Crippen LogP contribution in [0.25, 0.3) is 22.4 Å². The summed E-state index contributed by atoms with van der Waals surface area (Å²) in [7, 11) is -1.12. The summed E-state index contributed by atoms with van der Waals surface area (Å²) >= 11 is 0. The molecule has 0 amide bonds. The van der Waals surface area contributed by atoms with E-state index in [0.717, 1.165) is 11.1 Å². The maximum absolute atomic E-state index is 13.4. The molecule has 31 heavy (non-hydrogen) atoms. The first-order valence-corrected chi connectivity index (χ1v) is 11.0. The molecule has 0 aliphatic carbocycles. The SMILES string of the molecule is CS(=O)c1ccc(-c2nn(Cc3ccc(F)cc3)c(=O)cc2-c2ccc(F)cc2)cc1. The van der Waals surface area contributed by atoms with Gasteiger partial charge in [0.05, 0.1) is 12.2 Å². The summed E-state index contributed by atoms with van der Waals surface area (Å²) in [6, 6.07) is 20.2. The highest BCUT2D eigenvalue weighted by Gasteiger charge is 2.14. The van der Waals surface area contributed by atoms with Gasteiger partial charge < -0.3 is 0 Å². The zero-order valence-electron chi connectivity index (χ0n) is 16.6. The summed E-state index contributed by atoms with van der Waals surface area (Å²) < 4.78 is 39.7. The maximum atomic E-state index is 13.4. The van der Waals surface area contributed by atoms with Crippen molar-refractivity contribution in [2.45, 2.75) is 11.4 Å². The Hall–Kier alpha value is -3.45. The second-order valence-electron chi connectivity index (χ2n) is 7.01. The number of hydrogen-bond donors (Lipinski definition) is 0. The van der Waals surface area contributed by atoms with Crippen LogP contribution in [0.5, 0.6) is 0 Å². The fourth-order valence-electron chi connectivity index (χ4n) is 3.23. The molecule has 0 aliphatic rings. The van der Waals surface area contributed by atoms with E-state index in [4.69, 9.17) is 0 Å². The van der Waals surface area contributed by atoms with Crippen LogP contribution >= 0.6 is 0 Å². The fraction of sp³-hybridized carbons (Fsp3) is 0.0833. The van der Waals surface area contributed by atoms with Crippen LogP contribution < -0.4 is 5.56 Å². The molecule has 1 unspecified atom stereocenters. The molecule has 0 aliphatic heterocycles. The molecule has 1 atom stereocenters. The molecular formula is C24H18F2N2O2S. The standard InChI is InChI=1S/C24H18F2N2O2S/c1-31(30)21-12-6-18(7-13-21)24-22(17-4-10-20(26)11-5-17)14-23(29)28(27-24)15-16-2-8-19(25)9-3-16/h2-14H,15H2,1H3. The summed E-state index contributed by atoms with van der Waals surface area (Å²) in [6.07, 6.45) is 1.60. The molecule has 0 saturated carbocycles. The van der Waals surface area contributed by atoms with Crippen LogP contribution in [0.3, 0.4) is 0 Å². The van der Waals surface area contributed by atoms with Gasteiger partial charge in [0, 0.05) is 39.1 Å². The van der Waals surface area contributed by atoms with Gasteiger partial charge in [0.25, 0.3) is 5.56 Å². The number of hydrogen-bond acceptors (Lipinski definition) is 3. The molecule has 0 N–H and O–H groups in total. The third kappa shape index (κ3) is 4.67. The molecule has 0 saturated heterocycles. The highest BCUT2D eigenvalue weighted by atomic mass is 32.2. The third-order valence-corrected chi connectivity index (χ3v) is 5.79. The second kappa shape index (κ2) is 8.73. The van der Waals surface area contributed by atoms with Gasteiger partial charge in [-0.25, -0.2) is 13.5 Å². The molecular weight excluding hydrogens is 418 g/mol. The Balaban J connectivity index is 1.85. The Bertz CT molecular complexity index is 1300. The van der Waals surface area contributed by atoms with Crippen LogP contribution in [-0.4, -0.2) is 20.2 Å². The topological polar surface area (TPSA) is 52.0 Å². The van der Waals surface area contributed by atoms with Gasteiger partial charge in [0.2, 0.25) is 0 Å². The van der Waals surface area contributed by atoms with Gasteiger partial charge >= 0.3 is 0 Å². The average molecular weight is 436 g/mol. The Morgan fingerprint density at radius 1 is 0.839 bits per heavy atom. The van der Waals surface area contributed by atoms with Crippen molar-refractivity contribution in [3.63, 3.8) is 0 Å². The lowest BCUT2D eigenvalue weighted by molar-refractivity contribution is 0.620. The Morgan fingerprint density at radius 3 is 1.97 bits per heavy atom. The minimum Gasteiger partial charge on any atom is -0.268 e. The number of halogens is 2. The summed E-state index contributed by atoms with van der Waals surface area (Å²) in [5.74, 6) is -0.734. The number of benzene rings is 3. The average Bonchev–Trinajstić information content (AvgIpc) is 2.77. The van der Waals surface area contributed by atoms with Crippen molar-refractivity contribution in [3.8, 4) is 22.4 Å². The first-order chi connectivity index (χ1) is 14.9. The molecule has 1 aromatic heterocycles. The van der Waals surface area contributed by atoms with Gasteiger partial charge in [0.15, 0.2) is 0 Å². The lowest BCUT2D eigenvalue weighted by atomic mass is 10.00. The van der Waals surface area contributed by atoms with Gasteiger partial charge in [-0.2, -0.15) is 5.10 Å². The molecule has 0 bridgehead atoms. The van der Waals surface area contributed by atoms with Gasteiger partial charge in [-0.1, -0.05) is 36.4 Å². The fourth-order valence-corrected chi connectivity index (χ4v) is 3.75. The smallest absolute Gasteiger partial charge is 0.267 e. The van der Waals surface area contributed by atoms with Crippen LogP contribution in [0.2, 0.25) is 0 Å². The first kappa shape index (κ1) is 20.8. The van der Waals surface area contributed by atoms with Crippen LogP contribution in [-0.2, 0) is 17.3 Å². The van der Waals surface area contributed by atoms with Crippen LogP contribution in [0.4, 0.5) is 8.78 Å². The van der Waals surface area contributed by atoms with Crippen molar-refractivity contribution in [1.82, 2.24) is 9.78 Å². The monoisotopic (exact) mass is 436 g/mol. The van der Waals surface area contributed by atoms with E-state index in [1.807, 2.05) is 0 Å². The summed E-state index contributed by atoms with van der Waals surface area (Å²) in [6.45, 7) is 0.173. The molecule has 4 nitrogen and oxygen atoms in total. The zero-order valence-corrected chi connectivity index (χ0v) is 17.4. The van der Waals surface area contributed by atoms with Gasteiger partial charge in [-0.3, -0.25) is 9.00 Å². The number of nitrogens with zero attached hydrogens (tertiary/aromatic N) is 2. The summed E-state index contributed by atoms with van der Waals surface area (Å²) in [5.41, 5.74) is 2.86. The summed E-state index contributed by atoms with van der Waals surface area (Å²) in [5, 5.41) is 4.57. The normalized spacial score (nSPS) is 12.0. The van der Waals surface area contributed by atoms with Crippen LogP contribution in [0.15, 0.2) is 88.6 Å². The largest absolute Gasteiger partial charge is 0.268 e. The highest BCUT2D eigenvalue weighted by molar-refractivity contribution is 7.84. The van der Waals surface area contributed by atoms with Crippen molar-refractivity contribution >= 4 is 10.8 Å². The van der Waals surface area contributed by atoms with Crippen molar-refractivity contribution in [3.05, 3.63) is 106 Å². The minimum atomic E-state index is -1.12. The Morgan fingerprint density at radius 2 is 1.39 bits per heavy atom. The van der Waals surface area contributed by atoms with Gasteiger partial charge in [-0.15, -0.1) is 0 Å². The molecule has 0 radical (unpaired) electrons. The van der Waals surface area contributed by atoms with Crippen molar-refractivity contribution < 1.29 is 13.0 Å². The Kier molecular flexibility index (Phi) is 5.86. The molecule has 4 aromatic rings. The van der Waals surface area contributed by atoms with E-state index in [0.29, 0.717) is 21.7 Å². The quantitative estimate of drug-likeness (QED) is 0.458. The van der Waals surface area contributed by atoms with E-state index in [-0.39, 0.29) is 23.7 Å². The maximum Gasteiger partial charge on any atom is 0.267 e. The van der Waals surface area contributed by atoms with E-state index in [1.165, 1.54) is 35.0 Å². The van der Waals surface area contributed by atoms with E-state index in [9.17, 15) is 17.8 Å². The summed E-state index contributed by atoms with van der Waals surface area (Å²) in [4.78, 5) is 13.5. The first-order valence-electron chi connectivity index (χ1n) is 9.47. The predicted molar refractivity (Wildman–Crippen MR) is 117 cm³/mol. The highest BCUT2D eigenvalue weighted by Crippen LogP contribution is 2.30. The lowest BCUT2D eigenvalue weighted by Gasteiger charge is -2.13. The van der Waals surface area contributed by atoms with E-state index in [1.54, 1.807) is 54.8 Å². The molecule has 4 rings (SSSR count). The molecule has 156 valence electrons. The second-order valence-corrected chi connectivity index (χ2v) is 8.39. The van der Waals surface area contributed by atoms with Crippen molar-refractivity contribution in [1.29, 1.82) is 0 Å². The molecule has 1 heterocycles. The minimum absolute atomic E-state index is 0.173. The molecule has 3 aromatic carbocycles. The van der Waals surface area contributed by atoms with E-state index in [2.05, 4.69) is 5.10 Å². The Labute approximate surface area is 180 Å². The van der Waals surface area contributed by atoms with E-state index >= 15 is 0 Å². The number of aromatic nitrogens is 2. The van der Waals surface area contributed by atoms with Gasteiger partial charge in [0.1, 0.15) is 11.6 Å². The van der Waals surface area contributed by atoms with Crippen LogP contribution in [0.1, 0.15) is 5.56 Å². The van der Waals surface area contributed by atoms with Crippen LogP contribution in [0, 0.1) is 11.6 Å². The number of rotatable bonds is 5. The zero-order chi connectivity index (χ0) is 22.0. The molecule has 0 spiro atoms. The van der Waals surface area contributed by atoms with Crippen molar-refractivity contribution in [2.75, 3.05) is 6.26 Å². The lowest BCUT2D eigenvalue weighted by Crippen LogP contribution is -2.24. The van der Waals surface area contributed by atoms with Crippen molar-refractivity contribution in [2.24, 2.45) is 0 Å². The van der Waals surface area contributed by atoms with Gasteiger partial charge in [-0.05, 0) is 47.5 Å². The predicted octanol–water partition coefficient (Wildman–Crippen LogP) is 4.64.